The van der Waals surface area contributed by atoms with Crippen LogP contribution < -0.4 is 9.80 Å². The van der Waals surface area contributed by atoms with Gasteiger partial charge in [0.15, 0.2) is 0 Å². The first-order chi connectivity index (χ1) is 26.6. The summed E-state index contributed by atoms with van der Waals surface area (Å²) >= 11 is 0. The summed E-state index contributed by atoms with van der Waals surface area (Å²) in [6.07, 6.45) is 0. The van der Waals surface area contributed by atoms with Crippen LogP contribution in [0.25, 0.3) is 43.1 Å². The van der Waals surface area contributed by atoms with Crippen molar-refractivity contribution < 1.29 is 29.4 Å². The van der Waals surface area contributed by atoms with Gasteiger partial charge in [-0.2, -0.15) is 0 Å². The number of rotatable bonds is 6. The highest BCUT2D eigenvalue weighted by molar-refractivity contribution is 6.46. The van der Waals surface area contributed by atoms with E-state index in [-0.39, 0.29) is 57.1 Å². The maximum Gasteiger partial charge on any atom is 0.266 e. The van der Waals surface area contributed by atoms with E-state index in [0.29, 0.717) is 54.8 Å². The van der Waals surface area contributed by atoms with E-state index in [0.717, 1.165) is 22.3 Å². The van der Waals surface area contributed by atoms with Gasteiger partial charge in [-0.3, -0.25) is 19.2 Å². The molecule has 8 heteroatoms. The van der Waals surface area contributed by atoms with Crippen molar-refractivity contribution in [2.75, 3.05) is 9.80 Å². The van der Waals surface area contributed by atoms with Gasteiger partial charge in [-0.25, -0.2) is 9.80 Å². The van der Waals surface area contributed by atoms with Crippen LogP contribution in [-0.4, -0.2) is 33.8 Å². The minimum absolute atomic E-state index is 0.0177. The molecule has 2 aliphatic rings. The first kappa shape index (κ1) is 35.4. The Morgan fingerprint density at radius 2 is 0.696 bits per heavy atom. The second kappa shape index (κ2) is 12.1. The number of carbonyl (C=O) groups is 4. The number of imide groups is 2. The van der Waals surface area contributed by atoms with Gasteiger partial charge in [0.1, 0.15) is 11.5 Å². The van der Waals surface area contributed by atoms with Gasteiger partial charge < -0.3 is 10.2 Å². The van der Waals surface area contributed by atoms with Crippen molar-refractivity contribution >= 4 is 78.1 Å². The van der Waals surface area contributed by atoms with Gasteiger partial charge in [-0.1, -0.05) is 104 Å². The monoisotopic (exact) mass is 742 g/mol. The van der Waals surface area contributed by atoms with Crippen molar-refractivity contribution in [2.24, 2.45) is 0 Å². The Morgan fingerprint density at radius 3 is 1.00 bits per heavy atom. The molecular weight excluding hydrogens is 701 g/mol. The number of hydrogen-bond donors (Lipinski definition) is 2. The van der Waals surface area contributed by atoms with E-state index < -0.39 is 23.6 Å². The molecule has 280 valence electrons. The van der Waals surface area contributed by atoms with Crippen LogP contribution in [0.15, 0.2) is 72.8 Å². The van der Waals surface area contributed by atoms with Crippen LogP contribution in [0.1, 0.15) is 143 Å². The van der Waals surface area contributed by atoms with Gasteiger partial charge in [-0.15, -0.1) is 0 Å². The number of para-hydroxylation sites is 2. The van der Waals surface area contributed by atoms with Crippen LogP contribution in [0.4, 0.5) is 11.4 Å². The third kappa shape index (κ3) is 4.53. The molecule has 56 heavy (non-hydrogen) atoms. The smallest absolute Gasteiger partial charge is 0.266 e. The Morgan fingerprint density at radius 1 is 0.393 bits per heavy atom. The standard InChI is InChI=1S/C48H42N2O6/c1-21(2)25-11-9-12-26(22(3)4)43(25)49-45(53)31-17-15-29-30-16-18-32-38-34(48(56)50(46(32)54)44-27(23(5)6)13-10-14-28(44)24(7)8)20-36(52)42(40(30)38)41-35(51)19-33(47(49)55)37(31)39(29)41/h9-24,51-52H,1-8H3. The first-order valence-corrected chi connectivity index (χ1v) is 19.3. The van der Waals surface area contributed by atoms with Crippen LogP contribution in [0.2, 0.25) is 0 Å². The number of nitrogens with zero attached hydrogens (tertiary/aromatic N) is 2. The maximum atomic E-state index is 14.7. The topological polar surface area (TPSA) is 115 Å². The summed E-state index contributed by atoms with van der Waals surface area (Å²) in [7, 11) is 0. The number of benzene rings is 7. The largest absolute Gasteiger partial charge is 0.507 e. The van der Waals surface area contributed by atoms with E-state index in [2.05, 4.69) is 0 Å². The van der Waals surface area contributed by atoms with E-state index in [1.807, 2.05) is 91.8 Å². The molecule has 0 fully saturated rings. The molecule has 8 nitrogen and oxygen atoms in total. The predicted octanol–water partition coefficient (Wildman–Crippen LogP) is 11.2. The van der Waals surface area contributed by atoms with Crippen molar-refractivity contribution in [1.29, 1.82) is 0 Å². The molecule has 0 radical (unpaired) electrons. The molecule has 2 N–H and O–H groups in total. The lowest BCUT2D eigenvalue weighted by Crippen LogP contribution is -2.42. The number of carbonyl (C=O) groups excluding carboxylic acids is 4. The molecule has 0 saturated carbocycles. The SMILES string of the molecule is CC(C)c1cccc(C(C)C)c1N1C(=O)c2ccc3c4ccc5c6c(cc(O)c(c7c(O)cc(c2c37)C1=O)c64)C(=O)N(c1c(C(C)C)cccc1C(C)C)C5=O. The third-order valence-electron chi connectivity index (χ3n) is 11.9. The second-order valence-electron chi connectivity index (χ2n) is 16.5. The van der Waals surface area contributed by atoms with Crippen LogP contribution in [0.3, 0.4) is 0 Å². The van der Waals surface area contributed by atoms with E-state index in [4.69, 9.17) is 0 Å². The fraction of sp³-hybridized carbons (Fsp3) is 0.250. The van der Waals surface area contributed by atoms with Gasteiger partial charge in [0.2, 0.25) is 0 Å². The van der Waals surface area contributed by atoms with Crippen LogP contribution in [0.5, 0.6) is 11.5 Å². The maximum absolute atomic E-state index is 14.7. The lowest BCUT2D eigenvalue weighted by Gasteiger charge is -2.34. The summed E-state index contributed by atoms with van der Waals surface area (Å²) in [5.41, 5.74) is 5.53. The fourth-order valence-electron chi connectivity index (χ4n) is 9.36. The highest BCUT2D eigenvalue weighted by atomic mass is 16.3. The highest BCUT2D eigenvalue weighted by Gasteiger charge is 2.41. The normalized spacial score (nSPS) is 14.6. The quantitative estimate of drug-likeness (QED) is 0.0996. The zero-order chi connectivity index (χ0) is 39.8. The molecule has 0 aromatic heterocycles. The number of aromatic hydroxyl groups is 2. The minimum atomic E-state index is -0.546. The van der Waals surface area contributed by atoms with Crippen LogP contribution in [0, 0.1) is 0 Å². The summed E-state index contributed by atoms with van der Waals surface area (Å²) in [6.45, 7) is 16.2. The van der Waals surface area contributed by atoms with E-state index in [1.54, 1.807) is 24.3 Å². The Labute approximate surface area is 324 Å². The van der Waals surface area contributed by atoms with E-state index >= 15 is 0 Å². The molecule has 0 aliphatic carbocycles. The molecule has 0 atom stereocenters. The number of phenolic OH excluding ortho intramolecular Hbond substituents is 2. The van der Waals surface area contributed by atoms with E-state index in [9.17, 15) is 29.4 Å². The summed E-state index contributed by atoms with van der Waals surface area (Å²) in [5.74, 6) is -2.50. The van der Waals surface area contributed by atoms with Gasteiger partial charge in [-0.05, 0) is 81.0 Å². The van der Waals surface area contributed by atoms with Crippen molar-refractivity contribution in [1.82, 2.24) is 0 Å². The zero-order valence-electron chi connectivity index (χ0n) is 32.7. The molecule has 0 saturated heterocycles. The molecule has 7 aromatic carbocycles. The highest BCUT2D eigenvalue weighted by Crippen LogP contribution is 2.53. The first-order valence-electron chi connectivity index (χ1n) is 19.3. The zero-order valence-corrected chi connectivity index (χ0v) is 32.7. The summed E-state index contributed by atoms with van der Waals surface area (Å²) in [6, 6.07) is 21.5. The minimum Gasteiger partial charge on any atom is -0.507 e. The number of anilines is 2. The molecule has 2 aliphatic heterocycles. The van der Waals surface area contributed by atoms with Crippen molar-refractivity contribution in [3.63, 3.8) is 0 Å². The van der Waals surface area contributed by atoms with Crippen molar-refractivity contribution in [3.8, 4) is 11.5 Å². The van der Waals surface area contributed by atoms with Crippen LogP contribution >= 0.6 is 0 Å². The Balaban J connectivity index is 1.33. The number of amides is 4. The Hall–Kier alpha value is -6.28. The lowest BCUT2D eigenvalue weighted by molar-refractivity contribution is 0.0877. The van der Waals surface area contributed by atoms with Gasteiger partial charge >= 0.3 is 0 Å². The molecule has 7 aromatic rings. The third-order valence-corrected chi connectivity index (χ3v) is 11.9. The summed E-state index contributed by atoms with van der Waals surface area (Å²) < 4.78 is 0. The molecule has 2 heterocycles. The second-order valence-corrected chi connectivity index (χ2v) is 16.5. The van der Waals surface area contributed by atoms with Crippen LogP contribution in [-0.2, 0) is 0 Å². The number of hydrogen-bond acceptors (Lipinski definition) is 6. The average Bonchev–Trinajstić information content (AvgIpc) is 3.16. The fourth-order valence-corrected chi connectivity index (χ4v) is 9.36. The molecule has 9 rings (SSSR count). The van der Waals surface area contributed by atoms with Gasteiger partial charge in [0, 0.05) is 43.4 Å². The molecule has 0 bridgehead atoms. The predicted molar refractivity (Wildman–Crippen MR) is 223 cm³/mol. The summed E-state index contributed by atoms with van der Waals surface area (Å²) in [4.78, 5) is 61.3. The van der Waals surface area contributed by atoms with Gasteiger partial charge in [0.05, 0.1) is 22.5 Å². The van der Waals surface area contributed by atoms with Crippen molar-refractivity contribution in [3.05, 3.63) is 117 Å². The lowest BCUT2D eigenvalue weighted by atomic mass is 9.81. The van der Waals surface area contributed by atoms with Gasteiger partial charge in [0.25, 0.3) is 23.6 Å². The molecule has 0 unspecified atom stereocenters. The Kier molecular flexibility index (Phi) is 7.66. The molecule has 4 amide bonds. The average molecular weight is 743 g/mol. The summed E-state index contributed by atoms with van der Waals surface area (Å²) in [5, 5.41) is 27.3. The van der Waals surface area contributed by atoms with Crippen molar-refractivity contribution in [2.45, 2.75) is 79.1 Å². The Bertz CT molecular complexity index is 2680. The number of fused-ring (bicyclic) bond motifs is 2. The van der Waals surface area contributed by atoms with E-state index in [1.165, 1.54) is 21.9 Å². The number of phenols is 2. The molecule has 0 spiro atoms. The molecular formula is C48H42N2O6.